The van der Waals surface area contributed by atoms with Crippen LogP contribution in [0.25, 0.3) is 0 Å². The Balaban J connectivity index is 1.92. The van der Waals surface area contributed by atoms with Crippen molar-refractivity contribution in [1.82, 2.24) is 10.2 Å². The average molecular weight is 290 g/mol. The molecule has 3 atom stereocenters. The summed E-state index contributed by atoms with van der Waals surface area (Å²) in [5.41, 5.74) is 1.00. The molecule has 1 aromatic carbocycles. The van der Waals surface area contributed by atoms with Crippen molar-refractivity contribution in [2.75, 3.05) is 13.1 Å². The highest BCUT2D eigenvalue weighted by Crippen LogP contribution is 2.34. The molecule has 3 nitrogen and oxygen atoms in total. The maximum atomic E-state index is 13.5. The van der Waals surface area contributed by atoms with Gasteiger partial charge in [0.1, 0.15) is 5.82 Å². The summed E-state index contributed by atoms with van der Waals surface area (Å²) in [5.74, 6) is 0.126. The maximum absolute atomic E-state index is 13.5. The molecule has 2 fully saturated rings. The summed E-state index contributed by atoms with van der Waals surface area (Å²) in [6.07, 6.45) is 4.55. The van der Waals surface area contributed by atoms with Crippen molar-refractivity contribution in [1.29, 1.82) is 0 Å². The summed E-state index contributed by atoms with van der Waals surface area (Å²) < 4.78 is 13.5. The SMILES string of the molecule is CC(=O)N1CCCCC[C@@H]2NC[C@H](c3cccc(F)c3)[C@H]21. The summed E-state index contributed by atoms with van der Waals surface area (Å²) in [6.45, 7) is 3.30. The zero-order valence-electron chi connectivity index (χ0n) is 12.5. The lowest BCUT2D eigenvalue weighted by Crippen LogP contribution is -2.49. The molecule has 3 rings (SSSR count). The molecule has 1 N–H and O–H groups in total. The number of rotatable bonds is 1. The van der Waals surface area contributed by atoms with Crippen LogP contribution in [0.4, 0.5) is 4.39 Å². The number of fused-ring (bicyclic) bond motifs is 1. The Kier molecular flexibility index (Phi) is 4.24. The van der Waals surface area contributed by atoms with Gasteiger partial charge < -0.3 is 10.2 Å². The minimum Gasteiger partial charge on any atom is -0.338 e. The topological polar surface area (TPSA) is 32.3 Å². The summed E-state index contributed by atoms with van der Waals surface area (Å²) in [7, 11) is 0. The predicted octanol–water partition coefficient (Wildman–Crippen LogP) is 2.67. The summed E-state index contributed by atoms with van der Waals surface area (Å²) in [6, 6.07) is 7.33. The molecule has 4 heteroatoms. The van der Waals surface area contributed by atoms with Crippen LogP contribution in [0, 0.1) is 5.82 Å². The molecule has 0 radical (unpaired) electrons. The molecule has 2 heterocycles. The van der Waals surface area contributed by atoms with E-state index >= 15 is 0 Å². The van der Waals surface area contributed by atoms with Crippen LogP contribution in [-0.2, 0) is 4.79 Å². The average Bonchev–Trinajstić information content (AvgIpc) is 2.81. The van der Waals surface area contributed by atoms with E-state index in [1.165, 1.54) is 18.9 Å². The first-order valence-corrected chi connectivity index (χ1v) is 7.93. The van der Waals surface area contributed by atoms with Gasteiger partial charge in [-0.2, -0.15) is 0 Å². The molecule has 0 spiro atoms. The first-order valence-electron chi connectivity index (χ1n) is 7.93. The van der Waals surface area contributed by atoms with Crippen molar-refractivity contribution < 1.29 is 9.18 Å². The van der Waals surface area contributed by atoms with Gasteiger partial charge in [0.25, 0.3) is 0 Å². The van der Waals surface area contributed by atoms with E-state index in [2.05, 4.69) is 5.32 Å². The summed E-state index contributed by atoms with van der Waals surface area (Å²) in [5, 5.41) is 3.56. The summed E-state index contributed by atoms with van der Waals surface area (Å²) >= 11 is 0. The molecule has 2 saturated heterocycles. The van der Waals surface area contributed by atoms with Crippen molar-refractivity contribution in [2.45, 2.75) is 50.6 Å². The highest BCUT2D eigenvalue weighted by molar-refractivity contribution is 5.74. The quantitative estimate of drug-likeness (QED) is 0.862. The number of carbonyl (C=O) groups excluding carboxylic acids is 1. The largest absolute Gasteiger partial charge is 0.338 e. The fourth-order valence-electron chi connectivity index (χ4n) is 3.90. The van der Waals surface area contributed by atoms with E-state index < -0.39 is 0 Å². The second-order valence-electron chi connectivity index (χ2n) is 6.23. The summed E-state index contributed by atoms with van der Waals surface area (Å²) in [4.78, 5) is 14.1. The minimum absolute atomic E-state index is 0.136. The number of hydrogen-bond acceptors (Lipinski definition) is 2. The second-order valence-corrected chi connectivity index (χ2v) is 6.23. The van der Waals surface area contributed by atoms with Crippen LogP contribution in [0.2, 0.25) is 0 Å². The van der Waals surface area contributed by atoms with E-state index in [4.69, 9.17) is 0 Å². The molecule has 0 aliphatic carbocycles. The van der Waals surface area contributed by atoms with E-state index in [1.807, 2.05) is 11.0 Å². The fourth-order valence-corrected chi connectivity index (χ4v) is 3.90. The van der Waals surface area contributed by atoms with Gasteiger partial charge in [0.15, 0.2) is 0 Å². The van der Waals surface area contributed by atoms with Gasteiger partial charge in [-0.25, -0.2) is 4.39 Å². The van der Waals surface area contributed by atoms with Gasteiger partial charge in [-0.15, -0.1) is 0 Å². The number of amides is 1. The van der Waals surface area contributed by atoms with Crippen LogP contribution in [0.3, 0.4) is 0 Å². The first kappa shape index (κ1) is 14.5. The van der Waals surface area contributed by atoms with Gasteiger partial charge in [0.05, 0.1) is 6.04 Å². The molecule has 0 unspecified atom stereocenters. The van der Waals surface area contributed by atoms with Crippen LogP contribution in [0.15, 0.2) is 24.3 Å². The number of nitrogens with zero attached hydrogens (tertiary/aromatic N) is 1. The molecule has 2 aliphatic heterocycles. The number of carbonyl (C=O) groups is 1. The third kappa shape index (κ3) is 2.95. The highest BCUT2D eigenvalue weighted by atomic mass is 19.1. The molecule has 0 saturated carbocycles. The van der Waals surface area contributed by atoms with Crippen LogP contribution in [0.1, 0.15) is 44.1 Å². The molecule has 1 aromatic rings. The Morgan fingerprint density at radius 2 is 2.19 bits per heavy atom. The third-order valence-corrected chi connectivity index (χ3v) is 4.88. The van der Waals surface area contributed by atoms with E-state index in [-0.39, 0.29) is 23.7 Å². The minimum atomic E-state index is -0.198. The van der Waals surface area contributed by atoms with E-state index in [0.29, 0.717) is 6.04 Å². The lowest BCUT2D eigenvalue weighted by Gasteiger charge is -2.37. The third-order valence-electron chi connectivity index (χ3n) is 4.88. The molecule has 0 bridgehead atoms. The van der Waals surface area contributed by atoms with E-state index in [1.54, 1.807) is 19.1 Å². The first-order chi connectivity index (χ1) is 10.2. The Hall–Kier alpha value is -1.42. The molecular formula is C17H23FN2O. The van der Waals surface area contributed by atoms with Gasteiger partial charge in [0.2, 0.25) is 5.91 Å². The standard InChI is InChI=1S/C17H23FN2O/c1-12(21)20-9-4-2-3-8-16-17(20)15(11-19-16)13-6-5-7-14(18)10-13/h5-7,10,15-17,19H,2-4,8-9,11H2,1H3/t15-,16+,17-/m1/s1. The Morgan fingerprint density at radius 1 is 1.33 bits per heavy atom. The molecule has 1 amide bonds. The number of likely N-dealkylation sites (tertiary alicyclic amines) is 1. The van der Waals surface area contributed by atoms with Crippen molar-refractivity contribution in [2.24, 2.45) is 0 Å². The van der Waals surface area contributed by atoms with Crippen LogP contribution in [-0.4, -0.2) is 36.0 Å². The van der Waals surface area contributed by atoms with Crippen LogP contribution >= 0.6 is 0 Å². The molecule has 0 aromatic heterocycles. The normalized spacial score (nSPS) is 29.6. The zero-order chi connectivity index (χ0) is 14.8. The number of benzene rings is 1. The van der Waals surface area contributed by atoms with Crippen molar-refractivity contribution in [3.8, 4) is 0 Å². The van der Waals surface area contributed by atoms with Crippen LogP contribution in [0.5, 0.6) is 0 Å². The van der Waals surface area contributed by atoms with Gasteiger partial charge in [-0.3, -0.25) is 4.79 Å². The number of hydrogen-bond donors (Lipinski definition) is 1. The Bertz CT molecular complexity index is 519. The second kappa shape index (κ2) is 6.14. The smallest absolute Gasteiger partial charge is 0.219 e. The fraction of sp³-hybridized carbons (Fsp3) is 0.588. The van der Waals surface area contributed by atoms with Crippen LogP contribution < -0.4 is 5.32 Å². The van der Waals surface area contributed by atoms with E-state index in [0.717, 1.165) is 31.5 Å². The Labute approximate surface area is 125 Å². The monoisotopic (exact) mass is 290 g/mol. The van der Waals surface area contributed by atoms with Gasteiger partial charge in [-0.05, 0) is 30.5 Å². The van der Waals surface area contributed by atoms with Gasteiger partial charge >= 0.3 is 0 Å². The van der Waals surface area contributed by atoms with Crippen molar-refractivity contribution in [3.05, 3.63) is 35.6 Å². The lowest BCUT2D eigenvalue weighted by molar-refractivity contribution is -0.132. The van der Waals surface area contributed by atoms with Gasteiger partial charge in [-0.1, -0.05) is 25.0 Å². The molecule has 21 heavy (non-hydrogen) atoms. The Morgan fingerprint density at radius 3 is 2.95 bits per heavy atom. The lowest BCUT2D eigenvalue weighted by atomic mass is 9.87. The highest BCUT2D eigenvalue weighted by Gasteiger charge is 2.41. The number of halogens is 1. The number of nitrogens with one attached hydrogen (secondary N) is 1. The molecule has 2 aliphatic rings. The zero-order valence-corrected chi connectivity index (χ0v) is 12.5. The predicted molar refractivity (Wildman–Crippen MR) is 80.6 cm³/mol. The van der Waals surface area contributed by atoms with Crippen molar-refractivity contribution >= 4 is 5.91 Å². The molecule has 114 valence electrons. The molecular weight excluding hydrogens is 267 g/mol. The van der Waals surface area contributed by atoms with Gasteiger partial charge in [0, 0.05) is 32.0 Å². The van der Waals surface area contributed by atoms with E-state index in [9.17, 15) is 9.18 Å². The van der Waals surface area contributed by atoms with Crippen molar-refractivity contribution in [3.63, 3.8) is 0 Å². The maximum Gasteiger partial charge on any atom is 0.219 e.